The average molecular weight is 213 g/mol. The first kappa shape index (κ1) is 9.15. The molecule has 0 bridgehead atoms. The molecular formula is C9H6ClFN2O. The molecule has 0 atom stereocenters. The Balaban J connectivity index is 2.73. The van der Waals surface area contributed by atoms with Crippen molar-refractivity contribution in [2.24, 2.45) is 0 Å². The maximum absolute atomic E-state index is 13.3. The van der Waals surface area contributed by atoms with Gasteiger partial charge in [0.2, 0.25) is 0 Å². The van der Waals surface area contributed by atoms with Gasteiger partial charge in [-0.3, -0.25) is 4.79 Å². The van der Waals surface area contributed by atoms with E-state index in [4.69, 9.17) is 11.6 Å². The second-order valence-corrected chi connectivity index (χ2v) is 3.04. The summed E-state index contributed by atoms with van der Waals surface area (Å²) in [6, 6.07) is 1.21. The van der Waals surface area contributed by atoms with E-state index >= 15 is 0 Å². The third kappa shape index (κ3) is 1.28. The minimum absolute atomic E-state index is 0.165. The Morgan fingerprint density at radius 1 is 1.64 bits per heavy atom. The maximum atomic E-state index is 13.3. The Morgan fingerprint density at radius 2 is 2.43 bits per heavy atom. The van der Waals surface area contributed by atoms with Crippen molar-refractivity contribution in [2.45, 2.75) is 0 Å². The zero-order chi connectivity index (χ0) is 10.1. The molecular weight excluding hydrogens is 207 g/mol. The topological polar surface area (TPSA) is 45.8 Å². The van der Waals surface area contributed by atoms with Gasteiger partial charge < -0.3 is 4.98 Å². The average Bonchev–Trinajstić information content (AvgIpc) is 2.62. The number of pyridine rings is 1. The van der Waals surface area contributed by atoms with E-state index in [9.17, 15) is 9.18 Å². The zero-order valence-corrected chi connectivity index (χ0v) is 7.81. The maximum Gasteiger partial charge on any atom is 0.179 e. The van der Waals surface area contributed by atoms with E-state index in [1.807, 2.05) is 0 Å². The van der Waals surface area contributed by atoms with Gasteiger partial charge in [-0.15, -0.1) is 11.6 Å². The predicted octanol–water partition coefficient (Wildman–Crippen LogP) is 2.12. The van der Waals surface area contributed by atoms with Crippen LogP contribution in [0.4, 0.5) is 4.39 Å². The number of hydrogen-bond donors (Lipinski definition) is 1. The largest absolute Gasteiger partial charge is 0.345 e. The van der Waals surface area contributed by atoms with Gasteiger partial charge in [0.25, 0.3) is 0 Å². The number of nitrogens with one attached hydrogen (secondary N) is 1. The number of carbonyl (C=O) groups excluding carboxylic acids is 1. The van der Waals surface area contributed by atoms with Crippen molar-refractivity contribution in [3.8, 4) is 0 Å². The van der Waals surface area contributed by atoms with Gasteiger partial charge in [0.15, 0.2) is 5.78 Å². The molecule has 0 spiro atoms. The van der Waals surface area contributed by atoms with Gasteiger partial charge in [-0.05, 0) is 6.07 Å². The van der Waals surface area contributed by atoms with E-state index in [2.05, 4.69) is 9.97 Å². The van der Waals surface area contributed by atoms with Crippen LogP contribution in [-0.4, -0.2) is 21.6 Å². The number of fused-ring (bicyclic) bond motifs is 1. The van der Waals surface area contributed by atoms with Crippen LogP contribution in [0.3, 0.4) is 0 Å². The van der Waals surface area contributed by atoms with Gasteiger partial charge in [0.1, 0.15) is 11.5 Å². The van der Waals surface area contributed by atoms with Crippen molar-refractivity contribution in [3.63, 3.8) is 0 Å². The third-order valence-corrected chi connectivity index (χ3v) is 2.19. The molecule has 0 amide bonds. The predicted molar refractivity (Wildman–Crippen MR) is 51.1 cm³/mol. The van der Waals surface area contributed by atoms with Gasteiger partial charge >= 0.3 is 0 Å². The summed E-state index contributed by atoms with van der Waals surface area (Å²) in [4.78, 5) is 17.9. The molecule has 5 heteroatoms. The lowest BCUT2D eigenvalue weighted by Crippen LogP contribution is -1.99. The van der Waals surface area contributed by atoms with Gasteiger partial charge in [-0.1, -0.05) is 0 Å². The summed E-state index contributed by atoms with van der Waals surface area (Å²) in [5.74, 6) is -0.948. The number of ketones is 1. The van der Waals surface area contributed by atoms with Gasteiger partial charge in [-0.25, -0.2) is 9.37 Å². The highest BCUT2D eigenvalue weighted by Gasteiger charge is 2.14. The Morgan fingerprint density at radius 3 is 3.14 bits per heavy atom. The molecule has 72 valence electrons. The van der Waals surface area contributed by atoms with Crippen LogP contribution < -0.4 is 0 Å². The summed E-state index contributed by atoms with van der Waals surface area (Å²) in [6.07, 6.45) is 2.76. The second-order valence-electron chi connectivity index (χ2n) is 2.78. The number of Topliss-reactive ketones (excluding diaryl/α,β-unsaturated/α-hetero) is 1. The molecule has 2 rings (SSSR count). The number of alkyl halides is 1. The summed E-state index contributed by atoms with van der Waals surface area (Å²) < 4.78 is 13.3. The smallest absolute Gasteiger partial charge is 0.179 e. The number of carbonyl (C=O) groups is 1. The number of nitrogens with zero attached hydrogens (tertiary/aromatic N) is 1. The molecule has 2 heterocycles. The first-order valence-electron chi connectivity index (χ1n) is 3.95. The van der Waals surface area contributed by atoms with Crippen molar-refractivity contribution in [2.75, 3.05) is 5.88 Å². The van der Waals surface area contributed by atoms with E-state index < -0.39 is 5.82 Å². The highest BCUT2D eigenvalue weighted by molar-refractivity contribution is 6.31. The van der Waals surface area contributed by atoms with Gasteiger partial charge in [-0.2, -0.15) is 0 Å². The van der Waals surface area contributed by atoms with Gasteiger partial charge in [0, 0.05) is 18.0 Å². The first-order chi connectivity index (χ1) is 6.74. The fourth-order valence-corrected chi connectivity index (χ4v) is 1.45. The normalized spacial score (nSPS) is 10.7. The Labute approximate surface area is 83.9 Å². The molecule has 0 aliphatic rings. The molecule has 0 aromatic carbocycles. The van der Waals surface area contributed by atoms with Crippen LogP contribution in [-0.2, 0) is 0 Å². The number of rotatable bonds is 2. The summed E-state index contributed by atoms with van der Waals surface area (Å²) in [6.45, 7) is 0. The lowest BCUT2D eigenvalue weighted by Gasteiger charge is -1.94. The molecule has 1 N–H and O–H groups in total. The van der Waals surface area contributed by atoms with Crippen molar-refractivity contribution in [1.29, 1.82) is 0 Å². The van der Waals surface area contributed by atoms with E-state index in [-0.39, 0.29) is 22.6 Å². The van der Waals surface area contributed by atoms with Gasteiger partial charge in [0.05, 0.1) is 11.3 Å². The third-order valence-electron chi connectivity index (χ3n) is 1.94. The van der Waals surface area contributed by atoms with E-state index in [1.165, 1.54) is 18.5 Å². The van der Waals surface area contributed by atoms with E-state index in [0.717, 1.165) is 0 Å². The van der Waals surface area contributed by atoms with Crippen LogP contribution >= 0.6 is 11.6 Å². The lowest BCUT2D eigenvalue weighted by molar-refractivity contribution is 0.102. The quantitative estimate of drug-likeness (QED) is 0.612. The van der Waals surface area contributed by atoms with Crippen LogP contribution in [0.2, 0.25) is 0 Å². The van der Waals surface area contributed by atoms with Crippen molar-refractivity contribution >= 4 is 28.4 Å². The molecule has 0 fully saturated rings. The summed E-state index contributed by atoms with van der Waals surface area (Å²) >= 11 is 5.39. The highest BCUT2D eigenvalue weighted by Crippen LogP contribution is 2.20. The molecule has 0 saturated carbocycles. The molecule has 0 aliphatic heterocycles. The fourth-order valence-electron chi connectivity index (χ4n) is 1.31. The molecule has 0 radical (unpaired) electrons. The molecule has 0 saturated heterocycles. The van der Waals surface area contributed by atoms with Crippen LogP contribution in [0.25, 0.3) is 11.0 Å². The molecule has 2 aromatic heterocycles. The molecule has 0 unspecified atom stereocenters. The van der Waals surface area contributed by atoms with Crippen molar-refractivity contribution < 1.29 is 9.18 Å². The summed E-state index contributed by atoms with van der Waals surface area (Å²) in [7, 11) is 0. The van der Waals surface area contributed by atoms with Crippen LogP contribution in [0.1, 0.15) is 10.4 Å². The second kappa shape index (κ2) is 3.38. The molecule has 14 heavy (non-hydrogen) atoms. The Hall–Kier alpha value is -1.42. The summed E-state index contributed by atoms with van der Waals surface area (Å²) in [5.41, 5.74) is 0.610. The number of hydrogen-bond acceptors (Lipinski definition) is 2. The fraction of sp³-hybridized carbons (Fsp3) is 0.111. The minimum Gasteiger partial charge on any atom is -0.345 e. The summed E-state index contributed by atoms with van der Waals surface area (Å²) in [5, 5.41) is 0.207. The highest BCUT2D eigenvalue weighted by atomic mass is 35.5. The first-order valence-corrected chi connectivity index (χ1v) is 4.48. The van der Waals surface area contributed by atoms with Crippen molar-refractivity contribution in [1.82, 2.24) is 9.97 Å². The van der Waals surface area contributed by atoms with Crippen LogP contribution in [0, 0.1) is 5.82 Å². The van der Waals surface area contributed by atoms with Crippen LogP contribution in [0.5, 0.6) is 0 Å². The van der Waals surface area contributed by atoms with E-state index in [0.29, 0.717) is 5.65 Å². The monoisotopic (exact) mass is 212 g/mol. The van der Waals surface area contributed by atoms with Crippen LogP contribution in [0.15, 0.2) is 18.5 Å². The lowest BCUT2D eigenvalue weighted by atomic mass is 10.1. The number of aromatic nitrogens is 2. The molecule has 2 aromatic rings. The van der Waals surface area contributed by atoms with E-state index in [1.54, 1.807) is 0 Å². The number of aromatic amines is 1. The Bertz CT molecular complexity index is 495. The SMILES string of the molecule is O=C(CCl)c1c[nH]c2nccc(F)c12. The Kier molecular flexibility index (Phi) is 2.21. The minimum atomic E-state index is -0.468. The molecule has 3 nitrogen and oxygen atoms in total. The zero-order valence-electron chi connectivity index (χ0n) is 7.05. The number of halogens is 2. The molecule has 0 aliphatic carbocycles. The number of H-pyrrole nitrogens is 1. The standard InChI is InChI=1S/C9H6ClFN2O/c10-3-7(14)5-4-13-9-8(5)6(11)1-2-12-9/h1-2,4H,3H2,(H,12,13). The van der Waals surface area contributed by atoms with Crippen molar-refractivity contribution in [3.05, 3.63) is 29.8 Å².